The molecule has 1 amide bonds. The Morgan fingerprint density at radius 3 is 2.44 bits per heavy atom. The maximum atomic E-state index is 12.6. The molecule has 2 saturated heterocycles. The number of hydrogen-bond acceptors (Lipinski definition) is 7. The average molecular weight is 484 g/mol. The number of aromatic nitrogens is 3. The molecule has 0 atom stereocenters. The van der Waals surface area contributed by atoms with Crippen LogP contribution in [0, 0.1) is 0 Å². The number of piperazine rings is 1. The zero-order valence-electron chi connectivity index (χ0n) is 19.0. The molecule has 0 spiro atoms. The van der Waals surface area contributed by atoms with E-state index in [1.165, 1.54) is 4.31 Å². The van der Waals surface area contributed by atoms with Crippen molar-refractivity contribution in [1.29, 1.82) is 0 Å². The van der Waals surface area contributed by atoms with Crippen LogP contribution in [0.2, 0.25) is 0 Å². The van der Waals surface area contributed by atoms with Crippen LogP contribution in [0.25, 0.3) is 11.0 Å². The lowest BCUT2D eigenvalue weighted by atomic mass is 10.2. The summed E-state index contributed by atoms with van der Waals surface area (Å²) in [6, 6.07) is 8.44. The molecule has 3 aromatic rings. The quantitative estimate of drug-likeness (QED) is 0.527. The highest BCUT2D eigenvalue weighted by Crippen LogP contribution is 2.24. The van der Waals surface area contributed by atoms with Crippen LogP contribution in [0.15, 0.2) is 47.8 Å². The second-order valence-electron chi connectivity index (χ2n) is 8.70. The van der Waals surface area contributed by atoms with Gasteiger partial charge in [0.05, 0.1) is 10.3 Å². The van der Waals surface area contributed by atoms with E-state index in [1.54, 1.807) is 30.6 Å². The fourth-order valence-corrected chi connectivity index (χ4v) is 6.08. The van der Waals surface area contributed by atoms with Crippen molar-refractivity contribution in [3.05, 3.63) is 42.9 Å². The third-order valence-corrected chi connectivity index (χ3v) is 8.41. The highest BCUT2D eigenvalue weighted by molar-refractivity contribution is 7.89. The molecule has 2 aliphatic heterocycles. The first-order valence-corrected chi connectivity index (χ1v) is 13.1. The molecule has 10 nitrogen and oxygen atoms in total. The molecule has 2 aromatic heterocycles. The Morgan fingerprint density at radius 1 is 0.971 bits per heavy atom. The molecule has 4 heterocycles. The van der Waals surface area contributed by atoms with Gasteiger partial charge in [0.15, 0.2) is 0 Å². The lowest BCUT2D eigenvalue weighted by molar-refractivity contribution is -0.116. The van der Waals surface area contributed by atoms with Gasteiger partial charge in [-0.1, -0.05) is 0 Å². The Labute approximate surface area is 199 Å². The van der Waals surface area contributed by atoms with Crippen molar-refractivity contribution in [3.8, 4) is 0 Å². The van der Waals surface area contributed by atoms with Crippen LogP contribution in [0.3, 0.4) is 0 Å². The Morgan fingerprint density at radius 2 is 1.71 bits per heavy atom. The van der Waals surface area contributed by atoms with Gasteiger partial charge in [-0.25, -0.2) is 18.4 Å². The van der Waals surface area contributed by atoms with Gasteiger partial charge in [0.1, 0.15) is 17.8 Å². The summed E-state index contributed by atoms with van der Waals surface area (Å²) in [5, 5.41) is 3.90. The van der Waals surface area contributed by atoms with E-state index >= 15 is 0 Å². The maximum absolute atomic E-state index is 12.6. The number of H-pyrrole nitrogens is 1. The van der Waals surface area contributed by atoms with Crippen LogP contribution in [0.1, 0.15) is 19.3 Å². The number of fused-ring (bicyclic) bond motifs is 1. The Kier molecular flexibility index (Phi) is 6.48. The van der Waals surface area contributed by atoms with Gasteiger partial charge in [-0.05, 0) is 43.2 Å². The number of anilines is 2. The van der Waals surface area contributed by atoms with Gasteiger partial charge in [-0.3, -0.25) is 9.69 Å². The summed E-state index contributed by atoms with van der Waals surface area (Å²) in [6.07, 6.45) is 5.64. The molecule has 180 valence electrons. The summed E-state index contributed by atoms with van der Waals surface area (Å²) >= 11 is 0. The highest BCUT2D eigenvalue weighted by Gasteiger charge is 2.27. The van der Waals surface area contributed by atoms with Gasteiger partial charge in [-0.2, -0.15) is 4.31 Å². The first-order chi connectivity index (χ1) is 16.5. The van der Waals surface area contributed by atoms with E-state index in [2.05, 4.69) is 30.1 Å². The molecule has 0 bridgehead atoms. The second-order valence-corrected chi connectivity index (χ2v) is 10.6. The highest BCUT2D eigenvalue weighted by atomic mass is 32.2. The first-order valence-electron chi connectivity index (χ1n) is 11.7. The zero-order valence-corrected chi connectivity index (χ0v) is 19.8. The van der Waals surface area contributed by atoms with Crippen LogP contribution < -0.4 is 10.2 Å². The van der Waals surface area contributed by atoms with Gasteiger partial charge < -0.3 is 15.2 Å². The van der Waals surface area contributed by atoms with E-state index < -0.39 is 10.0 Å². The standard InChI is InChI=1S/C23H29N7O3S/c31-21(27-18-3-5-19(6-4-18)34(32,33)30-10-1-2-11-30)8-12-28-13-15-29(16-14-28)23-20-7-9-24-22(20)25-17-26-23/h3-7,9,17H,1-2,8,10-16H2,(H,27,31)(H,24,25,26). The van der Waals surface area contributed by atoms with Gasteiger partial charge in [-0.15, -0.1) is 0 Å². The number of carbonyl (C=O) groups is 1. The summed E-state index contributed by atoms with van der Waals surface area (Å²) in [6.45, 7) is 5.20. The number of hydrogen-bond donors (Lipinski definition) is 2. The zero-order chi connectivity index (χ0) is 23.5. The van der Waals surface area contributed by atoms with Crippen molar-refractivity contribution < 1.29 is 13.2 Å². The van der Waals surface area contributed by atoms with Crippen LogP contribution in [0.4, 0.5) is 11.5 Å². The van der Waals surface area contributed by atoms with Crippen molar-refractivity contribution >= 4 is 38.5 Å². The average Bonchev–Trinajstić information content (AvgIpc) is 3.56. The molecule has 1 aromatic carbocycles. The number of amides is 1. The monoisotopic (exact) mass is 483 g/mol. The molecule has 0 radical (unpaired) electrons. The summed E-state index contributed by atoms with van der Waals surface area (Å²) in [7, 11) is -3.44. The van der Waals surface area contributed by atoms with E-state index in [9.17, 15) is 13.2 Å². The Bertz CT molecular complexity index is 1250. The van der Waals surface area contributed by atoms with Crippen molar-refractivity contribution in [2.45, 2.75) is 24.2 Å². The molecule has 0 saturated carbocycles. The SMILES string of the molecule is O=C(CCN1CCN(c2ncnc3[nH]ccc23)CC1)Nc1ccc(S(=O)(=O)N2CCCC2)cc1. The molecular formula is C23H29N7O3S. The van der Waals surface area contributed by atoms with Crippen molar-refractivity contribution in [2.75, 3.05) is 56.0 Å². The molecule has 5 rings (SSSR count). The van der Waals surface area contributed by atoms with Crippen molar-refractivity contribution in [3.63, 3.8) is 0 Å². The van der Waals surface area contributed by atoms with Crippen molar-refractivity contribution in [2.24, 2.45) is 0 Å². The number of benzene rings is 1. The molecular weight excluding hydrogens is 454 g/mol. The van der Waals surface area contributed by atoms with Crippen molar-refractivity contribution in [1.82, 2.24) is 24.2 Å². The minimum Gasteiger partial charge on any atom is -0.353 e. The van der Waals surface area contributed by atoms with Crippen LogP contribution in [-0.4, -0.2) is 84.3 Å². The number of rotatable bonds is 7. The van der Waals surface area contributed by atoms with E-state index in [0.29, 0.717) is 31.7 Å². The van der Waals surface area contributed by atoms with Crippen LogP contribution >= 0.6 is 0 Å². The number of nitrogens with zero attached hydrogens (tertiary/aromatic N) is 5. The summed E-state index contributed by atoms with van der Waals surface area (Å²) in [4.78, 5) is 29.1. The number of carbonyl (C=O) groups excluding carboxylic acids is 1. The van der Waals surface area contributed by atoms with Gasteiger partial charge in [0, 0.05) is 64.1 Å². The fraction of sp³-hybridized carbons (Fsp3) is 0.435. The van der Waals surface area contributed by atoms with Gasteiger partial charge in [0.25, 0.3) is 0 Å². The third-order valence-electron chi connectivity index (χ3n) is 6.50. The van der Waals surface area contributed by atoms with Crippen LogP contribution in [0.5, 0.6) is 0 Å². The minimum atomic E-state index is -3.44. The summed E-state index contributed by atoms with van der Waals surface area (Å²) in [5.74, 6) is 0.862. The Balaban J connectivity index is 1.09. The Hall–Kier alpha value is -3.02. The molecule has 2 aliphatic rings. The smallest absolute Gasteiger partial charge is 0.243 e. The van der Waals surface area contributed by atoms with E-state index in [-0.39, 0.29) is 10.8 Å². The number of nitrogens with one attached hydrogen (secondary N) is 2. The number of aromatic amines is 1. The maximum Gasteiger partial charge on any atom is 0.243 e. The normalized spacial score (nSPS) is 17.9. The first kappa shape index (κ1) is 22.8. The summed E-state index contributed by atoms with van der Waals surface area (Å²) in [5.41, 5.74) is 1.44. The topological polar surface area (TPSA) is 115 Å². The van der Waals surface area contributed by atoms with Crippen LogP contribution in [-0.2, 0) is 14.8 Å². The molecule has 2 fully saturated rings. The predicted octanol–water partition coefficient (Wildman–Crippen LogP) is 1.89. The number of sulfonamides is 1. The predicted molar refractivity (Wildman–Crippen MR) is 130 cm³/mol. The minimum absolute atomic E-state index is 0.0811. The summed E-state index contributed by atoms with van der Waals surface area (Å²) < 4.78 is 26.8. The molecule has 34 heavy (non-hydrogen) atoms. The molecule has 0 unspecified atom stereocenters. The lowest BCUT2D eigenvalue weighted by Crippen LogP contribution is -2.47. The second kappa shape index (κ2) is 9.69. The lowest BCUT2D eigenvalue weighted by Gasteiger charge is -2.35. The van der Waals surface area contributed by atoms with E-state index in [0.717, 1.165) is 55.9 Å². The van der Waals surface area contributed by atoms with E-state index in [4.69, 9.17) is 0 Å². The van der Waals surface area contributed by atoms with E-state index in [1.807, 2.05) is 12.3 Å². The van der Waals surface area contributed by atoms with Gasteiger partial charge >= 0.3 is 0 Å². The fourth-order valence-electron chi connectivity index (χ4n) is 4.56. The largest absolute Gasteiger partial charge is 0.353 e. The molecule has 11 heteroatoms. The van der Waals surface area contributed by atoms with Gasteiger partial charge in [0.2, 0.25) is 15.9 Å². The molecule has 2 N–H and O–H groups in total. The molecule has 0 aliphatic carbocycles. The third kappa shape index (κ3) is 4.77.